The van der Waals surface area contributed by atoms with Crippen LogP contribution in [0.15, 0.2) is 18.2 Å². The molecular weight excluding hydrogens is 275 g/mol. The quantitative estimate of drug-likeness (QED) is 0.832. The number of rotatable bonds is 6. The minimum Gasteiger partial charge on any atom is -0.507 e. The monoisotopic (exact) mass is 296 g/mol. The molecule has 0 saturated carbocycles. The zero-order valence-corrected chi connectivity index (χ0v) is 12.1. The van der Waals surface area contributed by atoms with E-state index < -0.39 is 5.82 Å². The van der Waals surface area contributed by atoms with Crippen molar-refractivity contribution in [1.82, 2.24) is 10.2 Å². The molecule has 0 radical (unpaired) electrons. The lowest BCUT2D eigenvalue weighted by atomic mass is 10.1. The fourth-order valence-corrected chi connectivity index (χ4v) is 2.51. The van der Waals surface area contributed by atoms with E-state index >= 15 is 0 Å². The second kappa shape index (κ2) is 7.38. The molecule has 1 aromatic rings. The summed E-state index contributed by atoms with van der Waals surface area (Å²) in [5.41, 5.74) is -0.0101. The first kappa shape index (κ1) is 15.7. The van der Waals surface area contributed by atoms with Crippen LogP contribution >= 0.6 is 0 Å². The van der Waals surface area contributed by atoms with Crippen molar-refractivity contribution in [2.45, 2.75) is 18.9 Å². The third-order valence-electron chi connectivity index (χ3n) is 3.64. The van der Waals surface area contributed by atoms with Gasteiger partial charge in [0.25, 0.3) is 5.91 Å². The predicted molar refractivity (Wildman–Crippen MR) is 76.9 cm³/mol. The lowest BCUT2D eigenvalue weighted by Gasteiger charge is -2.26. The van der Waals surface area contributed by atoms with Gasteiger partial charge in [0.05, 0.1) is 12.2 Å². The summed E-state index contributed by atoms with van der Waals surface area (Å²) >= 11 is 0. The fraction of sp³-hybridized carbons (Fsp3) is 0.533. The molecule has 1 amide bonds. The molecule has 1 heterocycles. The molecule has 1 unspecified atom stereocenters. The number of ether oxygens (including phenoxy) is 1. The average molecular weight is 296 g/mol. The Balaban J connectivity index is 2.13. The summed E-state index contributed by atoms with van der Waals surface area (Å²) in [6.07, 6.45) is 2.09. The van der Waals surface area contributed by atoms with Crippen LogP contribution in [0.25, 0.3) is 0 Å². The Hall–Kier alpha value is -1.66. The number of hydrogen-bond donors (Lipinski definition) is 2. The van der Waals surface area contributed by atoms with Crippen LogP contribution < -0.4 is 5.32 Å². The number of carbonyl (C=O) groups is 1. The van der Waals surface area contributed by atoms with Gasteiger partial charge in [0, 0.05) is 26.2 Å². The van der Waals surface area contributed by atoms with Crippen molar-refractivity contribution < 1.29 is 19.0 Å². The van der Waals surface area contributed by atoms with Gasteiger partial charge in [-0.3, -0.25) is 4.79 Å². The summed E-state index contributed by atoms with van der Waals surface area (Å²) in [6.45, 7) is 2.28. The number of phenols is 1. The van der Waals surface area contributed by atoms with Crippen LogP contribution in [0.3, 0.4) is 0 Å². The average Bonchev–Trinajstić information content (AvgIpc) is 2.98. The number of nitrogens with one attached hydrogen (secondary N) is 1. The Morgan fingerprint density at radius 1 is 1.57 bits per heavy atom. The molecule has 116 valence electrons. The van der Waals surface area contributed by atoms with Gasteiger partial charge in [-0.1, -0.05) is 0 Å². The molecule has 2 rings (SSSR count). The highest BCUT2D eigenvalue weighted by atomic mass is 19.1. The molecular formula is C15H21FN2O3. The van der Waals surface area contributed by atoms with Gasteiger partial charge >= 0.3 is 0 Å². The molecule has 0 spiro atoms. The van der Waals surface area contributed by atoms with Gasteiger partial charge in [-0.2, -0.15) is 0 Å². The summed E-state index contributed by atoms with van der Waals surface area (Å²) in [6, 6.07) is 3.63. The molecule has 1 saturated heterocycles. The first-order chi connectivity index (χ1) is 10.1. The second-order valence-corrected chi connectivity index (χ2v) is 5.20. The Morgan fingerprint density at radius 3 is 3.05 bits per heavy atom. The summed E-state index contributed by atoms with van der Waals surface area (Å²) in [5, 5.41) is 13.1. The highest BCUT2D eigenvalue weighted by Gasteiger charge is 2.24. The largest absolute Gasteiger partial charge is 0.507 e. The van der Waals surface area contributed by atoms with Crippen molar-refractivity contribution in [3.63, 3.8) is 0 Å². The molecule has 2 N–H and O–H groups in total. The molecule has 1 aliphatic rings. The summed E-state index contributed by atoms with van der Waals surface area (Å²) in [7, 11) is 1.57. The number of halogens is 1. The van der Waals surface area contributed by atoms with Crippen molar-refractivity contribution in [3.8, 4) is 5.75 Å². The van der Waals surface area contributed by atoms with Gasteiger partial charge in [-0.05, 0) is 37.6 Å². The Kier molecular flexibility index (Phi) is 5.52. The van der Waals surface area contributed by atoms with Crippen molar-refractivity contribution in [1.29, 1.82) is 0 Å². The van der Waals surface area contributed by atoms with E-state index in [0.717, 1.165) is 31.5 Å². The minimum absolute atomic E-state index is 0.0101. The SMILES string of the molecule is COCCN(CC1CCCN1)C(=O)c1cc(F)ccc1O. The third-order valence-corrected chi connectivity index (χ3v) is 3.64. The number of benzene rings is 1. The van der Waals surface area contributed by atoms with Crippen LogP contribution in [-0.4, -0.2) is 55.3 Å². The van der Waals surface area contributed by atoms with E-state index in [1.165, 1.54) is 6.07 Å². The van der Waals surface area contributed by atoms with Crippen molar-refractivity contribution in [3.05, 3.63) is 29.6 Å². The lowest BCUT2D eigenvalue weighted by molar-refractivity contribution is 0.0676. The van der Waals surface area contributed by atoms with Gasteiger partial charge in [0.15, 0.2) is 0 Å². The van der Waals surface area contributed by atoms with Crippen LogP contribution in [0, 0.1) is 5.82 Å². The number of methoxy groups -OCH3 is 1. The van der Waals surface area contributed by atoms with Gasteiger partial charge in [-0.25, -0.2) is 4.39 Å². The van der Waals surface area contributed by atoms with E-state index in [1.807, 2.05) is 0 Å². The standard InChI is InChI=1S/C15H21FN2O3/c1-21-8-7-18(10-12-3-2-6-17-12)15(20)13-9-11(16)4-5-14(13)19/h4-5,9,12,17,19H,2-3,6-8,10H2,1H3. The lowest BCUT2D eigenvalue weighted by Crippen LogP contribution is -2.42. The first-order valence-corrected chi connectivity index (χ1v) is 7.12. The molecule has 21 heavy (non-hydrogen) atoms. The van der Waals surface area contributed by atoms with Crippen LogP contribution in [0.5, 0.6) is 5.75 Å². The molecule has 6 heteroatoms. The van der Waals surface area contributed by atoms with Crippen LogP contribution in [0.2, 0.25) is 0 Å². The van der Waals surface area contributed by atoms with Crippen molar-refractivity contribution in [2.24, 2.45) is 0 Å². The van der Waals surface area contributed by atoms with Crippen molar-refractivity contribution >= 4 is 5.91 Å². The maximum absolute atomic E-state index is 13.3. The first-order valence-electron chi connectivity index (χ1n) is 7.12. The normalized spacial score (nSPS) is 17.9. The molecule has 5 nitrogen and oxygen atoms in total. The Labute approximate surface area is 123 Å². The summed E-state index contributed by atoms with van der Waals surface area (Å²) in [5.74, 6) is -1.12. The molecule has 0 bridgehead atoms. The van der Waals surface area contributed by atoms with Crippen molar-refractivity contribution in [2.75, 3.05) is 33.4 Å². The molecule has 0 aliphatic carbocycles. The fourth-order valence-electron chi connectivity index (χ4n) is 2.51. The Bertz CT molecular complexity index is 490. The molecule has 1 aliphatic heterocycles. The third kappa shape index (κ3) is 4.15. The van der Waals surface area contributed by atoms with E-state index in [9.17, 15) is 14.3 Å². The highest BCUT2D eigenvalue weighted by Crippen LogP contribution is 2.20. The number of amides is 1. The van der Waals surface area contributed by atoms with E-state index in [-0.39, 0.29) is 23.3 Å². The van der Waals surface area contributed by atoms with Gasteiger partial charge in [0.1, 0.15) is 11.6 Å². The topological polar surface area (TPSA) is 61.8 Å². The number of phenolic OH excluding ortho intramolecular Hbond substituents is 1. The van der Waals surface area contributed by atoms with Gasteiger partial charge in [-0.15, -0.1) is 0 Å². The zero-order valence-electron chi connectivity index (χ0n) is 12.1. The smallest absolute Gasteiger partial charge is 0.257 e. The predicted octanol–water partition coefficient (Wildman–Crippen LogP) is 1.37. The van der Waals surface area contributed by atoms with E-state index in [0.29, 0.717) is 19.7 Å². The number of hydrogen-bond acceptors (Lipinski definition) is 4. The maximum Gasteiger partial charge on any atom is 0.257 e. The number of carbonyl (C=O) groups excluding carboxylic acids is 1. The minimum atomic E-state index is -0.540. The number of nitrogens with zero attached hydrogens (tertiary/aromatic N) is 1. The van der Waals surface area contributed by atoms with Crippen LogP contribution in [0.1, 0.15) is 23.2 Å². The molecule has 1 fully saturated rings. The van der Waals surface area contributed by atoms with Crippen LogP contribution in [0.4, 0.5) is 4.39 Å². The summed E-state index contributed by atoms with van der Waals surface area (Å²) < 4.78 is 18.3. The molecule has 1 atom stereocenters. The molecule has 0 aromatic heterocycles. The summed E-state index contributed by atoms with van der Waals surface area (Å²) in [4.78, 5) is 14.1. The van der Waals surface area contributed by atoms with E-state index in [1.54, 1.807) is 12.0 Å². The highest BCUT2D eigenvalue weighted by molar-refractivity contribution is 5.96. The number of aromatic hydroxyl groups is 1. The maximum atomic E-state index is 13.3. The van der Waals surface area contributed by atoms with E-state index in [2.05, 4.69) is 5.32 Å². The van der Waals surface area contributed by atoms with E-state index in [4.69, 9.17) is 4.74 Å². The molecule has 1 aromatic carbocycles. The van der Waals surface area contributed by atoms with Gasteiger partial charge in [0.2, 0.25) is 0 Å². The second-order valence-electron chi connectivity index (χ2n) is 5.20. The van der Waals surface area contributed by atoms with Crippen LogP contribution in [-0.2, 0) is 4.74 Å². The Morgan fingerprint density at radius 2 is 2.38 bits per heavy atom. The van der Waals surface area contributed by atoms with Gasteiger partial charge < -0.3 is 20.1 Å². The zero-order chi connectivity index (χ0) is 15.2.